The van der Waals surface area contributed by atoms with Gasteiger partial charge in [-0.3, -0.25) is 4.79 Å². The van der Waals surface area contributed by atoms with Crippen molar-refractivity contribution in [3.05, 3.63) is 18.1 Å². The zero-order chi connectivity index (χ0) is 11.3. The van der Waals surface area contributed by atoms with Crippen molar-refractivity contribution in [1.82, 2.24) is 9.97 Å². The van der Waals surface area contributed by atoms with Gasteiger partial charge in [-0.1, -0.05) is 6.92 Å². The molecule has 1 heterocycles. The van der Waals surface area contributed by atoms with Crippen molar-refractivity contribution in [2.24, 2.45) is 0 Å². The van der Waals surface area contributed by atoms with Crippen molar-refractivity contribution in [2.45, 2.75) is 26.2 Å². The Bertz CT molecular complexity index is 341. The molecule has 0 fully saturated rings. The lowest BCUT2D eigenvalue weighted by molar-refractivity contribution is -0.138. The minimum Gasteiger partial charge on any atom is -0.481 e. The molecule has 0 aliphatic rings. The fourth-order valence-electron chi connectivity index (χ4n) is 1.00. The molecule has 1 aromatic heterocycles. The number of aromatic nitrogens is 2. The average Bonchev–Trinajstić information content (AvgIpc) is 2.25. The zero-order valence-electron chi connectivity index (χ0n) is 8.80. The summed E-state index contributed by atoms with van der Waals surface area (Å²) >= 11 is 0. The number of carboxylic acid groups (broad SMARTS) is 1. The predicted octanol–water partition coefficient (Wildman–Crippen LogP) is 1.45. The molecule has 1 aromatic rings. The van der Waals surface area contributed by atoms with Crippen LogP contribution >= 0.6 is 0 Å². The third-order valence-electron chi connectivity index (χ3n) is 1.93. The van der Waals surface area contributed by atoms with E-state index in [9.17, 15) is 4.79 Å². The summed E-state index contributed by atoms with van der Waals surface area (Å²) in [4.78, 5) is 18.5. The molecular formula is C10H14N2O3. The van der Waals surface area contributed by atoms with Crippen molar-refractivity contribution >= 4 is 5.97 Å². The Morgan fingerprint density at radius 2 is 2.33 bits per heavy atom. The van der Waals surface area contributed by atoms with Crippen LogP contribution in [0.1, 0.15) is 31.9 Å². The average molecular weight is 210 g/mol. The SMILES string of the molecule is CCCOc1cc(C(C)C(=O)O)ncn1. The molecule has 0 bridgehead atoms. The highest BCUT2D eigenvalue weighted by molar-refractivity contribution is 5.74. The van der Waals surface area contributed by atoms with E-state index >= 15 is 0 Å². The van der Waals surface area contributed by atoms with Crippen LogP contribution < -0.4 is 4.74 Å². The van der Waals surface area contributed by atoms with Gasteiger partial charge < -0.3 is 9.84 Å². The van der Waals surface area contributed by atoms with Gasteiger partial charge in [-0.15, -0.1) is 0 Å². The van der Waals surface area contributed by atoms with Crippen LogP contribution in [0.15, 0.2) is 12.4 Å². The summed E-state index contributed by atoms with van der Waals surface area (Å²) in [6.07, 6.45) is 2.20. The molecular weight excluding hydrogens is 196 g/mol. The molecule has 1 N–H and O–H groups in total. The molecule has 0 aliphatic carbocycles. The Balaban J connectivity index is 2.77. The molecule has 0 aliphatic heterocycles. The number of hydrogen-bond acceptors (Lipinski definition) is 4. The van der Waals surface area contributed by atoms with Crippen molar-refractivity contribution < 1.29 is 14.6 Å². The first-order valence-corrected chi connectivity index (χ1v) is 4.82. The Morgan fingerprint density at radius 3 is 2.93 bits per heavy atom. The van der Waals surface area contributed by atoms with E-state index in [0.717, 1.165) is 6.42 Å². The van der Waals surface area contributed by atoms with Crippen LogP contribution in [0.25, 0.3) is 0 Å². The lowest BCUT2D eigenvalue weighted by Gasteiger charge is -2.07. The van der Waals surface area contributed by atoms with Crippen molar-refractivity contribution in [2.75, 3.05) is 6.61 Å². The maximum Gasteiger partial charge on any atom is 0.312 e. The number of hydrogen-bond donors (Lipinski definition) is 1. The molecule has 0 saturated carbocycles. The van der Waals surface area contributed by atoms with Crippen molar-refractivity contribution in [1.29, 1.82) is 0 Å². The van der Waals surface area contributed by atoms with Crippen LogP contribution in [0.5, 0.6) is 5.88 Å². The van der Waals surface area contributed by atoms with Gasteiger partial charge in [0.05, 0.1) is 18.2 Å². The minimum absolute atomic E-state index is 0.426. The van der Waals surface area contributed by atoms with Gasteiger partial charge in [-0.2, -0.15) is 0 Å². The third kappa shape index (κ3) is 3.19. The predicted molar refractivity (Wildman–Crippen MR) is 53.9 cm³/mol. The van der Waals surface area contributed by atoms with E-state index in [1.807, 2.05) is 6.92 Å². The lowest BCUT2D eigenvalue weighted by atomic mass is 10.1. The second-order valence-electron chi connectivity index (χ2n) is 3.19. The highest BCUT2D eigenvalue weighted by atomic mass is 16.5. The summed E-state index contributed by atoms with van der Waals surface area (Å²) in [5.74, 6) is -1.12. The molecule has 5 nitrogen and oxygen atoms in total. The molecule has 0 spiro atoms. The fraction of sp³-hybridized carbons (Fsp3) is 0.500. The number of carboxylic acids is 1. The smallest absolute Gasteiger partial charge is 0.312 e. The van der Waals surface area contributed by atoms with Gasteiger partial charge in [0.25, 0.3) is 0 Å². The van der Waals surface area contributed by atoms with Crippen LogP contribution in [0.4, 0.5) is 0 Å². The molecule has 1 rings (SSSR count). The fourth-order valence-corrected chi connectivity index (χ4v) is 1.00. The van der Waals surface area contributed by atoms with Gasteiger partial charge in [0.2, 0.25) is 5.88 Å². The van der Waals surface area contributed by atoms with E-state index in [4.69, 9.17) is 9.84 Å². The van der Waals surface area contributed by atoms with E-state index in [1.165, 1.54) is 6.33 Å². The summed E-state index contributed by atoms with van der Waals surface area (Å²) in [6.45, 7) is 4.13. The molecule has 15 heavy (non-hydrogen) atoms. The summed E-state index contributed by atoms with van der Waals surface area (Å²) in [7, 11) is 0. The van der Waals surface area contributed by atoms with Gasteiger partial charge >= 0.3 is 5.97 Å². The molecule has 0 radical (unpaired) electrons. The monoisotopic (exact) mass is 210 g/mol. The number of aliphatic carboxylic acids is 1. The summed E-state index contributed by atoms with van der Waals surface area (Å²) in [5, 5.41) is 8.80. The second kappa shape index (κ2) is 5.29. The standard InChI is InChI=1S/C10H14N2O3/c1-3-4-15-9-5-8(11-6-12-9)7(2)10(13)14/h5-7H,3-4H2,1-2H3,(H,13,14). The number of ether oxygens (including phenoxy) is 1. The van der Waals surface area contributed by atoms with Crippen LogP contribution in [0.2, 0.25) is 0 Å². The molecule has 5 heteroatoms. The number of rotatable bonds is 5. The minimum atomic E-state index is -0.907. The summed E-state index contributed by atoms with van der Waals surface area (Å²) in [6, 6.07) is 1.56. The first kappa shape index (κ1) is 11.4. The largest absolute Gasteiger partial charge is 0.481 e. The van der Waals surface area contributed by atoms with E-state index < -0.39 is 11.9 Å². The van der Waals surface area contributed by atoms with Gasteiger partial charge in [-0.25, -0.2) is 9.97 Å². The first-order chi connectivity index (χ1) is 7.15. The Hall–Kier alpha value is -1.65. The summed E-state index contributed by atoms with van der Waals surface area (Å²) in [5.41, 5.74) is 0.462. The zero-order valence-corrected chi connectivity index (χ0v) is 8.80. The molecule has 0 saturated heterocycles. The van der Waals surface area contributed by atoms with Crippen LogP contribution in [0.3, 0.4) is 0 Å². The van der Waals surface area contributed by atoms with Gasteiger partial charge in [0.1, 0.15) is 6.33 Å². The van der Waals surface area contributed by atoms with Gasteiger partial charge in [0, 0.05) is 6.07 Å². The van der Waals surface area contributed by atoms with Gasteiger partial charge in [0.15, 0.2) is 0 Å². The molecule has 1 unspecified atom stereocenters. The van der Waals surface area contributed by atoms with E-state index in [-0.39, 0.29) is 0 Å². The Morgan fingerprint density at radius 1 is 1.60 bits per heavy atom. The van der Waals surface area contributed by atoms with Crippen molar-refractivity contribution in [3.8, 4) is 5.88 Å². The number of nitrogens with zero attached hydrogens (tertiary/aromatic N) is 2. The number of carbonyl (C=O) groups is 1. The highest BCUT2D eigenvalue weighted by Crippen LogP contribution is 2.16. The topological polar surface area (TPSA) is 72.3 Å². The molecule has 1 atom stereocenters. The Labute approximate surface area is 88.1 Å². The van der Waals surface area contributed by atoms with Crippen molar-refractivity contribution in [3.63, 3.8) is 0 Å². The normalized spacial score (nSPS) is 12.1. The molecule has 0 aromatic carbocycles. The van der Waals surface area contributed by atoms with Gasteiger partial charge in [-0.05, 0) is 13.3 Å². The molecule has 82 valence electrons. The van der Waals surface area contributed by atoms with Crippen LogP contribution in [0, 0.1) is 0 Å². The summed E-state index contributed by atoms with van der Waals surface area (Å²) < 4.78 is 5.28. The molecule has 0 amide bonds. The van der Waals surface area contributed by atoms with E-state index in [2.05, 4.69) is 9.97 Å². The highest BCUT2D eigenvalue weighted by Gasteiger charge is 2.15. The second-order valence-corrected chi connectivity index (χ2v) is 3.19. The van der Waals surface area contributed by atoms with E-state index in [0.29, 0.717) is 18.2 Å². The van der Waals surface area contributed by atoms with Crippen LogP contribution in [-0.4, -0.2) is 27.7 Å². The lowest BCUT2D eigenvalue weighted by Crippen LogP contribution is -2.10. The maximum atomic E-state index is 10.7. The Kier molecular flexibility index (Phi) is 4.03. The van der Waals surface area contributed by atoms with Crippen LogP contribution in [-0.2, 0) is 4.79 Å². The quantitative estimate of drug-likeness (QED) is 0.796. The maximum absolute atomic E-state index is 10.7. The first-order valence-electron chi connectivity index (χ1n) is 4.82. The third-order valence-corrected chi connectivity index (χ3v) is 1.93. The van der Waals surface area contributed by atoms with E-state index in [1.54, 1.807) is 13.0 Å².